The van der Waals surface area contributed by atoms with E-state index in [1.807, 2.05) is 30.3 Å². The van der Waals surface area contributed by atoms with Crippen molar-refractivity contribution >= 4 is 16.7 Å². The lowest BCUT2D eigenvalue weighted by Crippen LogP contribution is -2.43. The van der Waals surface area contributed by atoms with Crippen LogP contribution in [0.25, 0.3) is 11.0 Å². The van der Waals surface area contributed by atoms with E-state index < -0.39 is 0 Å². The summed E-state index contributed by atoms with van der Waals surface area (Å²) >= 11 is 0. The second-order valence-electron chi connectivity index (χ2n) is 5.88. The Kier molecular flexibility index (Phi) is 2.86. The Morgan fingerprint density at radius 2 is 1.83 bits per heavy atom. The van der Waals surface area contributed by atoms with Gasteiger partial charge in [0.25, 0.3) is 0 Å². The summed E-state index contributed by atoms with van der Waals surface area (Å²) in [6, 6.07) is 14.4. The zero-order chi connectivity index (χ0) is 15.2. The van der Waals surface area contributed by atoms with Crippen molar-refractivity contribution in [1.29, 1.82) is 0 Å². The van der Waals surface area contributed by atoms with Crippen molar-refractivity contribution in [1.82, 2.24) is 15.4 Å². The van der Waals surface area contributed by atoms with Crippen LogP contribution in [0.2, 0.25) is 0 Å². The van der Waals surface area contributed by atoms with E-state index in [9.17, 15) is 0 Å². The first-order valence-electron chi connectivity index (χ1n) is 7.80. The topological polar surface area (TPSA) is 72.1 Å². The quantitative estimate of drug-likeness (QED) is 0.723. The maximum absolute atomic E-state index is 6.09. The highest BCUT2D eigenvalue weighted by atomic mass is 16.6. The minimum absolute atomic E-state index is 0.0540. The van der Waals surface area contributed by atoms with E-state index in [-0.39, 0.29) is 18.2 Å². The molecule has 0 amide bonds. The standard InChI is InChI=1S/C17H16N4O2/c1-2-4-10(5-3-1)14-17-16(22-8-9-23-17)13-11(18-14)6-7-12-15(13)20-21-19-12/h1-7,14,16-18H,8-9H2,(H,19,20,21). The second kappa shape index (κ2) is 5.04. The van der Waals surface area contributed by atoms with Crippen LogP contribution in [0.5, 0.6) is 0 Å². The maximum Gasteiger partial charge on any atom is 0.120 e. The molecule has 1 fully saturated rings. The molecule has 2 aliphatic rings. The molecule has 3 aromatic rings. The number of aromatic amines is 1. The fourth-order valence-corrected chi connectivity index (χ4v) is 3.59. The van der Waals surface area contributed by atoms with Crippen LogP contribution in [-0.4, -0.2) is 34.7 Å². The summed E-state index contributed by atoms with van der Waals surface area (Å²) in [7, 11) is 0. The molecular formula is C17H16N4O2. The van der Waals surface area contributed by atoms with Gasteiger partial charge in [-0.2, -0.15) is 15.4 Å². The molecule has 0 radical (unpaired) electrons. The van der Waals surface area contributed by atoms with Crippen LogP contribution in [-0.2, 0) is 9.47 Å². The molecule has 23 heavy (non-hydrogen) atoms. The van der Waals surface area contributed by atoms with Crippen molar-refractivity contribution in [3.8, 4) is 0 Å². The number of aromatic nitrogens is 3. The Hall–Kier alpha value is -2.44. The average molecular weight is 308 g/mol. The molecule has 0 saturated carbocycles. The highest BCUT2D eigenvalue weighted by molar-refractivity contribution is 5.85. The first-order valence-corrected chi connectivity index (χ1v) is 7.80. The van der Waals surface area contributed by atoms with Crippen molar-refractivity contribution in [3.05, 3.63) is 53.6 Å². The van der Waals surface area contributed by atoms with Crippen molar-refractivity contribution in [2.24, 2.45) is 0 Å². The Labute approximate surface area is 132 Å². The van der Waals surface area contributed by atoms with E-state index in [4.69, 9.17) is 9.47 Å². The van der Waals surface area contributed by atoms with Crippen LogP contribution in [0, 0.1) is 0 Å². The summed E-state index contributed by atoms with van der Waals surface area (Å²) in [5.74, 6) is 0. The van der Waals surface area contributed by atoms with E-state index in [2.05, 4.69) is 32.9 Å². The smallest absolute Gasteiger partial charge is 0.120 e. The molecule has 3 heterocycles. The van der Waals surface area contributed by atoms with Crippen LogP contribution < -0.4 is 5.32 Å². The Bertz CT molecular complexity index is 848. The van der Waals surface area contributed by atoms with Gasteiger partial charge in [-0.05, 0) is 17.7 Å². The lowest BCUT2D eigenvalue weighted by Gasteiger charge is -2.42. The van der Waals surface area contributed by atoms with Gasteiger partial charge in [0.15, 0.2) is 0 Å². The number of benzene rings is 2. The van der Waals surface area contributed by atoms with Crippen LogP contribution in [0.4, 0.5) is 5.69 Å². The normalized spacial score (nSPS) is 26.3. The van der Waals surface area contributed by atoms with Gasteiger partial charge in [-0.25, -0.2) is 0 Å². The summed E-state index contributed by atoms with van der Waals surface area (Å²) < 4.78 is 12.2. The molecular weight excluding hydrogens is 292 g/mol. The van der Waals surface area contributed by atoms with Gasteiger partial charge in [-0.3, -0.25) is 0 Å². The van der Waals surface area contributed by atoms with Gasteiger partial charge in [-0.1, -0.05) is 30.3 Å². The highest BCUT2D eigenvalue weighted by Gasteiger charge is 2.42. The van der Waals surface area contributed by atoms with Gasteiger partial charge in [-0.15, -0.1) is 0 Å². The van der Waals surface area contributed by atoms with E-state index in [1.165, 1.54) is 5.56 Å². The molecule has 1 saturated heterocycles. The molecule has 116 valence electrons. The summed E-state index contributed by atoms with van der Waals surface area (Å²) in [5, 5.41) is 14.8. The minimum atomic E-state index is -0.140. The number of hydrogen-bond acceptors (Lipinski definition) is 5. The molecule has 2 aliphatic heterocycles. The summed E-state index contributed by atoms with van der Waals surface area (Å²) in [4.78, 5) is 0. The number of nitrogens with zero attached hydrogens (tertiary/aromatic N) is 2. The molecule has 3 atom stereocenters. The van der Waals surface area contributed by atoms with Crippen LogP contribution in [0.1, 0.15) is 23.3 Å². The van der Waals surface area contributed by atoms with Crippen LogP contribution in [0.15, 0.2) is 42.5 Å². The molecule has 2 aromatic carbocycles. The fraction of sp³-hybridized carbons (Fsp3) is 0.294. The van der Waals surface area contributed by atoms with Gasteiger partial charge >= 0.3 is 0 Å². The molecule has 0 aliphatic carbocycles. The average Bonchev–Trinajstić information content (AvgIpc) is 3.10. The van der Waals surface area contributed by atoms with E-state index in [0.29, 0.717) is 13.2 Å². The van der Waals surface area contributed by atoms with E-state index in [0.717, 1.165) is 22.3 Å². The van der Waals surface area contributed by atoms with E-state index >= 15 is 0 Å². The third kappa shape index (κ3) is 1.95. The summed E-state index contributed by atoms with van der Waals surface area (Å²) in [6.07, 6.45) is -0.222. The predicted octanol–water partition coefficient (Wildman–Crippen LogP) is 2.58. The Balaban J connectivity index is 1.68. The number of anilines is 1. The number of ether oxygens (including phenoxy) is 2. The maximum atomic E-state index is 6.09. The molecule has 0 spiro atoms. The predicted molar refractivity (Wildman–Crippen MR) is 85.1 cm³/mol. The first kappa shape index (κ1) is 13.0. The molecule has 6 heteroatoms. The van der Waals surface area contributed by atoms with E-state index in [1.54, 1.807) is 0 Å². The van der Waals surface area contributed by atoms with Crippen LogP contribution >= 0.6 is 0 Å². The highest BCUT2D eigenvalue weighted by Crippen LogP contribution is 2.46. The second-order valence-corrected chi connectivity index (χ2v) is 5.88. The number of rotatable bonds is 1. The number of H-pyrrole nitrogens is 1. The van der Waals surface area contributed by atoms with Crippen molar-refractivity contribution in [2.45, 2.75) is 18.2 Å². The van der Waals surface area contributed by atoms with Crippen molar-refractivity contribution < 1.29 is 9.47 Å². The molecule has 6 nitrogen and oxygen atoms in total. The Morgan fingerprint density at radius 1 is 0.957 bits per heavy atom. The molecule has 1 aromatic heterocycles. The zero-order valence-corrected chi connectivity index (χ0v) is 12.4. The molecule has 5 rings (SSSR count). The van der Waals surface area contributed by atoms with Gasteiger partial charge in [0, 0.05) is 11.3 Å². The summed E-state index contributed by atoms with van der Waals surface area (Å²) in [5.41, 5.74) is 4.96. The lowest BCUT2D eigenvalue weighted by atomic mass is 9.87. The Morgan fingerprint density at radius 3 is 2.74 bits per heavy atom. The third-order valence-corrected chi connectivity index (χ3v) is 4.60. The molecule has 3 unspecified atom stereocenters. The van der Waals surface area contributed by atoms with Gasteiger partial charge in [0.2, 0.25) is 0 Å². The minimum Gasteiger partial charge on any atom is -0.375 e. The largest absolute Gasteiger partial charge is 0.375 e. The van der Waals surface area contributed by atoms with Crippen molar-refractivity contribution in [3.63, 3.8) is 0 Å². The first-order chi connectivity index (χ1) is 11.4. The van der Waals surface area contributed by atoms with Gasteiger partial charge in [0.05, 0.1) is 19.3 Å². The van der Waals surface area contributed by atoms with Crippen molar-refractivity contribution in [2.75, 3.05) is 18.5 Å². The number of hydrogen-bond donors (Lipinski definition) is 2. The molecule has 2 N–H and O–H groups in total. The monoisotopic (exact) mass is 308 g/mol. The lowest BCUT2D eigenvalue weighted by molar-refractivity contribution is -0.150. The number of nitrogens with one attached hydrogen (secondary N) is 2. The SMILES string of the molecule is c1ccc(C2Nc3ccc4n[nH]nc4c3C3OCCOC23)cc1. The van der Waals surface area contributed by atoms with Crippen LogP contribution in [0.3, 0.4) is 0 Å². The van der Waals surface area contributed by atoms with Gasteiger partial charge < -0.3 is 14.8 Å². The van der Waals surface area contributed by atoms with Gasteiger partial charge in [0.1, 0.15) is 23.2 Å². The fourth-order valence-electron chi connectivity index (χ4n) is 3.59. The molecule has 0 bridgehead atoms. The third-order valence-electron chi connectivity index (χ3n) is 4.60. The zero-order valence-electron chi connectivity index (χ0n) is 12.4. The number of fused-ring (bicyclic) bond motifs is 5. The summed E-state index contributed by atoms with van der Waals surface area (Å²) in [6.45, 7) is 1.20.